The molecule has 0 aromatic carbocycles. The van der Waals surface area contributed by atoms with Crippen LogP contribution in [-0.4, -0.2) is 62.2 Å². The minimum atomic E-state index is 0.764. The summed E-state index contributed by atoms with van der Waals surface area (Å²) in [5.41, 5.74) is 0. The van der Waals surface area contributed by atoms with E-state index in [2.05, 4.69) is 29.2 Å². The molecule has 2 saturated heterocycles. The van der Waals surface area contributed by atoms with Crippen molar-refractivity contribution >= 4 is 0 Å². The van der Waals surface area contributed by atoms with Gasteiger partial charge in [-0.25, -0.2) is 0 Å². The average Bonchev–Trinajstić information content (AvgIpc) is 2.33. The first-order chi connectivity index (χ1) is 7.79. The molecule has 2 heterocycles. The van der Waals surface area contributed by atoms with Gasteiger partial charge in [0.15, 0.2) is 0 Å². The van der Waals surface area contributed by atoms with E-state index in [1.807, 2.05) is 0 Å². The molecule has 0 aromatic rings. The number of piperidine rings is 2. The predicted molar refractivity (Wildman–Crippen MR) is 68.8 cm³/mol. The van der Waals surface area contributed by atoms with Gasteiger partial charge in [0.2, 0.25) is 0 Å². The van der Waals surface area contributed by atoms with E-state index in [0.29, 0.717) is 0 Å². The molecule has 94 valence electrons. The van der Waals surface area contributed by atoms with E-state index in [4.69, 9.17) is 0 Å². The Kier molecular flexibility index (Phi) is 4.62. The van der Waals surface area contributed by atoms with E-state index >= 15 is 0 Å². The van der Waals surface area contributed by atoms with E-state index in [1.165, 1.54) is 58.3 Å². The second-order valence-electron chi connectivity index (χ2n) is 5.49. The van der Waals surface area contributed by atoms with Crippen LogP contribution in [-0.2, 0) is 0 Å². The Bertz CT molecular complexity index is 199. The maximum absolute atomic E-state index is 3.40. The lowest BCUT2D eigenvalue weighted by Gasteiger charge is -2.39. The lowest BCUT2D eigenvalue weighted by molar-refractivity contribution is 0.110. The summed E-state index contributed by atoms with van der Waals surface area (Å²) in [6, 6.07) is 1.58. The zero-order valence-corrected chi connectivity index (χ0v) is 10.9. The molecule has 0 spiro atoms. The molecule has 2 aliphatic rings. The van der Waals surface area contributed by atoms with E-state index in [0.717, 1.165) is 12.1 Å². The average molecular weight is 225 g/mol. The lowest BCUT2D eigenvalue weighted by atomic mass is 10.00. The number of hydrogen-bond acceptors (Lipinski definition) is 3. The molecule has 16 heavy (non-hydrogen) atoms. The Morgan fingerprint density at radius 2 is 1.81 bits per heavy atom. The van der Waals surface area contributed by atoms with Crippen molar-refractivity contribution in [3.8, 4) is 0 Å². The summed E-state index contributed by atoms with van der Waals surface area (Å²) in [4.78, 5) is 5.23. The highest BCUT2D eigenvalue weighted by Gasteiger charge is 2.24. The highest BCUT2D eigenvalue weighted by Crippen LogP contribution is 2.18. The van der Waals surface area contributed by atoms with Gasteiger partial charge in [-0.05, 0) is 59.4 Å². The SMILES string of the molecule is CNC1CCN(CC2CCCCN2C)CC1. The summed E-state index contributed by atoms with van der Waals surface area (Å²) in [5, 5.41) is 3.40. The van der Waals surface area contributed by atoms with Gasteiger partial charge < -0.3 is 15.1 Å². The number of likely N-dealkylation sites (tertiary alicyclic amines) is 2. The summed E-state index contributed by atoms with van der Waals surface area (Å²) in [5.74, 6) is 0. The standard InChI is InChI=1S/C13H27N3/c1-14-12-6-9-16(10-7-12)11-13-5-3-4-8-15(13)2/h12-14H,3-11H2,1-2H3. The van der Waals surface area contributed by atoms with Crippen LogP contribution in [0.2, 0.25) is 0 Å². The Morgan fingerprint density at radius 3 is 2.44 bits per heavy atom. The van der Waals surface area contributed by atoms with Gasteiger partial charge in [0.25, 0.3) is 0 Å². The van der Waals surface area contributed by atoms with Crippen molar-refractivity contribution in [2.24, 2.45) is 0 Å². The summed E-state index contributed by atoms with van der Waals surface area (Å²) < 4.78 is 0. The van der Waals surface area contributed by atoms with Crippen LogP contribution in [0, 0.1) is 0 Å². The smallest absolute Gasteiger partial charge is 0.0220 e. The van der Waals surface area contributed by atoms with Gasteiger partial charge in [0.05, 0.1) is 0 Å². The maximum atomic E-state index is 3.40. The molecule has 3 heteroatoms. The molecule has 3 nitrogen and oxygen atoms in total. The minimum absolute atomic E-state index is 0.764. The van der Waals surface area contributed by atoms with Crippen molar-refractivity contribution in [1.29, 1.82) is 0 Å². The van der Waals surface area contributed by atoms with Gasteiger partial charge in [-0.3, -0.25) is 0 Å². The van der Waals surface area contributed by atoms with Crippen LogP contribution in [0.5, 0.6) is 0 Å². The molecule has 1 unspecified atom stereocenters. The fraction of sp³-hybridized carbons (Fsp3) is 1.00. The number of rotatable bonds is 3. The molecular formula is C13H27N3. The quantitative estimate of drug-likeness (QED) is 0.777. The number of hydrogen-bond donors (Lipinski definition) is 1. The summed E-state index contributed by atoms with van der Waals surface area (Å²) in [6.07, 6.45) is 6.89. The zero-order chi connectivity index (χ0) is 11.4. The molecule has 0 amide bonds. The summed E-state index contributed by atoms with van der Waals surface area (Å²) in [7, 11) is 4.39. The largest absolute Gasteiger partial charge is 0.317 e. The van der Waals surface area contributed by atoms with Crippen molar-refractivity contribution in [2.75, 3.05) is 40.3 Å². The van der Waals surface area contributed by atoms with Crippen molar-refractivity contribution in [3.05, 3.63) is 0 Å². The highest BCUT2D eigenvalue weighted by atomic mass is 15.2. The summed E-state index contributed by atoms with van der Waals surface area (Å²) in [6.45, 7) is 5.18. The van der Waals surface area contributed by atoms with Crippen molar-refractivity contribution in [1.82, 2.24) is 15.1 Å². The van der Waals surface area contributed by atoms with E-state index < -0.39 is 0 Å². The van der Waals surface area contributed by atoms with Crippen LogP contribution in [0.15, 0.2) is 0 Å². The third-order valence-corrected chi connectivity index (χ3v) is 4.39. The van der Waals surface area contributed by atoms with Crippen LogP contribution in [0.25, 0.3) is 0 Å². The topological polar surface area (TPSA) is 18.5 Å². The van der Waals surface area contributed by atoms with Gasteiger partial charge in [0, 0.05) is 18.6 Å². The summed E-state index contributed by atoms with van der Waals surface area (Å²) >= 11 is 0. The van der Waals surface area contributed by atoms with Crippen molar-refractivity contribution in [3.63, 3.8) is 0 Å². The molecule has 0 aliphatic carbocycles. The molecule has 0 aromatic heterocycles. The van der Waals surface area contributed by atoms with Gasteiger partial charge in [-0.1, -0.05) is 6.42 Å². The van der Waals surface area contributed by atoms with Gasteiger partial charge in [0.1, 0.15) is 0 Å². The number of likely N-dealkylation sites (N-methyl/N-ethyl adjacent to an activating group) is 1. The zero-order valence-electron chi connectivity index (χ0n) is 10.9. The third kappa shape index (κ3) is 3.19. The number of nitrogens with zero attached hydrogens (tertiary/aromatic N) is 2. The van der Waals surface area contributed by atoms with Crippen LogP contribution in [0.1, 0.15) is 32.1 Å². The monoisotopic (exact) mass is 225 g/mol. The molecule has 2 rings (SSSR count). The van der Waals surface area contributed by atoms with Gasteiger partial charge in [-0.15, -0.1) is 0 Å². The normalized spacial score (nSPS) is 30.8. The molecule has 1 N–H and O–H groups in total. The first-order valence-electron chi connectivity index (χ1n) is 6.89. The van der Waals surface area contributed by atoms with Crippen LogP contribution < -0.4 is 5.32 Å². The van der Waals surface area contributed by atoms with Crippen LogP contribution >= 0.6 is 0 Å². The highest BCUT2D eigenvalue weighted by molar-refractivity contribution is 4.82. The molecule has 0 radical (unpaired) electrons. The first-order valence-corrected chi connectivity index (χ1v) is 6.89. The fourth-order valence-corrected chi connectivity index (χ4v) is 3.08. The van der Waals surface area contributed by atoms with E-state index in [1.54, 1.807) is 0 Å². The Morgan fingerprint density at radius 1 is 1.06 bits per heavy atom. The van der Waals surface area contributed by atoms with Gasteiger partial charge in [-0.2, -0.15) is 0 Å². The predicted octanol–water partition coefficient (Wildman–Crippen LogP) is 1.15. The van der Waals surface area contributed by atoms with E-state index in [-0.39, 0.29) is 0 Å². The minimum Gasteiger partial charge on any atom is -0.317 e. The molecule has 2 aliphatic heterocycles. The van der Waals surface area contributed by atoms with E-state index in [9.17, 15) is 0 Å². The van der Waals surface area contributed by atoms with Crippen molar-refractivity contribution in [2.45, 2.75) is 44.2 Å². The Hall–Kier alpha value is -0.120. The lowest BCUT2D eigenvalue weighted by Crippen LogP contribution is -2.48. The molecule has 0 bridgehead atoms. The Balaban J connectivity index is 1.73. The molecular weight excluding hydrogens is 198 g/mol. The number of nitrogens with one attached hydrogen (secondary N) is 1. The Labute approximate surface area is 100 Å². The molecule has 2 fully saturated rings. The second-order valence-corrected chi connectivity index (χ2v) is 5.49. The fourth-order valence-electron chi connectivity index (χ4n) is 3.08. The first kappa shape index (κ1) is 12.3. The second kappa shape index (κ2) is 5.99. The molecule has 0 saturated carbocycles. The van der Waals surface area contributed by atoms with Crippen molar-refractivity contribution < 1.29 is 0 Å². The molecule has 1 atom stereocenters. The maximum Gasteiger partial charge on any atom is 0.0220 e. The van der Waals surface area contributed by atoms with Crippen LogP contribution in [0.3, 0.4) is 0 Å². The van der Waals surface area contributed by atoms with Gasteiger partial charge >= 0.3 is 0 Å². The third-order valence-electron chi connectivity index (χ3n) is 4.39. The van der Waals surface area contributed by atoms with Crippen LogP contribution in [0.4, 0.5) is 0 Å².